The van der Waals surface area contributed by atoms with Crippen LogP contribution in [0.15, 0.2) is 30.3 Å². The fourth-order valence-electron chi connectivity index (χ4n) is 1.63. The van der Waals surface area contributed by atoms with Crippen molar-refractivity contribution in [2.75, 3.05) is 13.2 Å². The lowest BCUT2D eigenvalue weighted by molar-refractivity contribution is -0.00907. The Morgan fingerprint density at radius 2 is 1.83 bits per heavy atom. The van der Waals surface area contributed by atoms with Crippen LogP contribution in [0.5, 0.6) is 0 Å². The summed E-state index contributed by atoms with van der Waals surface area (Å²) < 4.78 is 5.51. The van der Waals surface area contributed by atoms with E-state index in [2.05, 4.69) is 0 Å². The summed E-state index contributed by atoms with van der Waals surface area (Å²) in [6.07, 6.45) is -1.36. The number of aliphatic hydroxyl groups excluding tert-OH is 3. The molecule has 3 atom stereocenters. The Labute approximate surface area is 108 Å². The van der Waals surface area contributed by atoms with Crippen LogP contribution in [0.1, 0.15) is 18.9 Å². The molecular weight excluding hydrogens is 232 g/mol. The van der Waals surface area contributed by atoms with Crippen LogP contribution in [0.4, 0.5) is 0 Å². The second-order valence-corrected chi connectivity index (χ2v) is 4.62. The summed E-state index contributed by atoms with van der Waals surface area (Å²) in [6.45, 7) is 2.48. The van der Waals surface area contributed by atoms with Crippen LogP contribution in [0, 0.1) is 5.92 Å². The average molecular weight is 254 g/mol. The van der Waals surface area contributed by atoms with Crippen molar-refractivity contribution >= 4 is 0 Å². The lowest BCUT2D eigenvalue weighted by Gasteiger charge is -2.20. The first-order valence-electron chi connectivity index (χ1n) is 6.22. The van der Waals surface area contributed by atoms with Gasteiger partial charge in [-0.2, -0.15) is 0 Å². The highest BCUT2D eigenvalue weighted by molar-refractivity contribution is 5.13. The fraction of sp³-hybridized carbons (Fsp3) is 0.571. The van der Waals surface area contributed by atoms with Gasteiger partial charge >= 0.3 is 0 Å². The molecule has 0 fully saturated rings. The number of ether oxygens (including phenoxy) is 1. The van der Waals surface area contributed by atoms with Gasteiger partial charge in [0.15, 0.2) is 0 Å². The summed E-state index contributed by atoms with van der Waals surface area (Å²) in [6, 6.07) is 9.82. The zero-order chi connectivity index (χ0) is 13.4. The van der Waals surface area contributed by atoms with Gasteiger partial charge in [-0.15, -0.1) is 0 Å². The molecule has 4 nitrogen and oxygen atoms in total. The van der Waals surface area contributed by atoms with Crippen LogP contribution in [-0.2, 0) is 11.3 Å². The molecule has 0 radical (unpaired) electrons. The molecule has 0 spiro atoms. The van der Waals surface area contributed by atoms with E-state index in [1.165, 1.54) is 0 Å². The van der Waals surface area contributed by atoms with Gasteiger partial charge in [-0.3, -0.25) is 0 Å². The highest BCUT2D eigenvalue weighted by Crippen LogP contribution is 2.11. The number of hydrogen-bond acceptors (Lipinski definition) is 4. The summed E-state index contributed by atoms with van der Waals surface area (Å²) in [7, 11) is 0. The lowest BCUT2D eigenvalue weighted by Crippen LogP contribution is -2.28. The van der Waals surface area contributed by atoms with Gasteiger partial charge in [-0.25, -0.2) is 0 Å². The standard InChI is InChI=1S/C14H22O4/c1-11(14(17)7-13(16)8-15)9-18-10-12-5-3-2-4-6-12/h2-6,11,13-17H,7-10H2,1H3/t11-,13+,14+/m1/s1. The maximum Gasteiger partial charge on any atom is 0.0795 e. The summed E-state index contributed by atoms with van der Waals surface area (Å²) >= 11 is 0. The number of hydrogen-bond donors (Lipinski definition) is 3. The molecule has 4 heteroatoms. The summed E-state index contributed by atoms with van der Waals surface area (Å²) in [4.78, 5) is 0. The minimum atomic E-state index is -0.864. The van der Waals surface area contributed by atoms with Crippen molar-refractivity contribution in [1.29, 1.82) is 0 Å². The van der Waals surface area contributed by atoms with Gasteiger partial charge in [0, 0.05) is 12.3 Å². The van der Waals surface area contributed by atoms with Gasteiger partial charge < -0.3 is 20.1 Å². The largest absolute Gasteiger partial charge is 0.394 e. The average Bonchev–Trinajstić information content (AvgIpc) is 2.39. The maximum atomic E-state index is 9.77. The molecule has 0 saturated carbocycles. The summed E-state index contributed by atoms with van der Waals surface area (Å²) in [5.74, 6) is -0.0742. The van der Waals surface area contributed by atoms with Crippen molar-refractivity contribution < 1.29 is 20.1 Å². The smallest absolute Gasteiger partial charge is 0.0795 e. The van der Waals surface area contributed by atoms with Gasteiger partial charge in [-0.05, 0) is 5.56 Å². The third-order valence-electron chi connectivity index (χ3n) is 2.87. The van der Waals surface area contributed by atoms with E-state index < -0.39 is 12.2 Å². The zero-order valence-electron chi connectivity index (χ0n) is 10.7. The summed E-state index contributed by atoms with van der Waals surface area (Å²) in [5, 5.41) is 27.7. The Morgan fingerprint density at radius 3 is 2.44 bits per heavy atom. The van der Waals surface area contributed by atoms with Crippen LogP contribution in [0.3, 0.4) is 0 Å². The van der Waals surface area contributed by atoms with Crippen molar-refractivity contribution in [2.45, 2.75) is 32.2 Å². The number of benzene rings is 1. The molecule has 0 aliphatic rings. The number of rotatable bonds is 8. The molecule has 0 heterocycles. The molecule has 1 aromatic carbocycles. The Kier molecular flexibility index (Phi) is 6.90. The SMILES string of the molecule is C[C@H](COCc1ccccc1)[C@@H](O)C[C@H](O)CO. The molecular formula is C14H22O4. The molecule has 0 aliphatic heterocycles. The molecule has 0 aromatic heterocycles. The van der Waals surface area contributed by atoms with E-state index in [0.29, 0.717) is 13.2 Å². The maximum absolute atomic E-state index is 9.77. The topological polar surface area (TPSA) is 69.9 Å². The molecule has 0 unspecified atom stereocenters. The van der Waals surface area contributed by atoms with Crippen LogP contribution < -0.4 is 0 Å². The van der Waals surface area contributed by atoms with E-state index in [0.717, 1.165) is 5.56 Å². The predicted molar refractivity (Wildman–Crippen MR) is 69.0 cm³/mol. The van der Waals surface area contributed by atoms with Gasteiger partial charge in [0.2, 0.25) is 0 Å². The Hall–Kier alpha value is -0.940. The minimum Gasteiger partial charge on any atom is -0.394 e. The highest BCUT2D eigenvalue weighted by Gasteiger charge is 2.18. The second-order valence-electron chi connectivity index (χ2n) is 4.62. The molecule has 3 N–H and O–H groups in total. The minimum absolute atomic E-state index is 0.0742. The second kappa shape index (κ2) is 8.21. The molecule has 1 rings (SSSR count). The highest BCUT2D eigenvalue weighted by atomic mass is 16.5. The fourth-order valence-corrected chi connectivity index (χ4v) is 1.63. The molecule has 0 amide bonds. The molecule has 0 bridgehead atoms. The van der Waals surface area contributed by atoms with Crippen molar-refractivity contribution in [3.63, 3.8) is 0 Å². The van der Waals surface area contributed by atoms with Crippen molar-refractivity contribution in [1.82, 2.24) is 0 Å². The third-order valence-corrected chi connectivity index (χ3v) is 2.87. The van der Waals surface area contributed by atoms with Crippen LogP contribution in [-0.4, -0.2) is 40.7 Å². The van der Waals surface area contributed by atoms with Gasteiger partial charge in [0.05, 0.1) is 32.0 Å². The predicted octanol–water partition coefficient (Wildman–Crippen LogP) is 0.943. The molecule has 102 valence electrons. The van der Waals surface area contributed by atoms with Gasteiger partial charge in [-0.1, -0.05) is 37.3 Å². The van der Waals surface area contributed by atoms with E-state index >= 15 is 0 Å². The molecule has 18 heavy (non-hydrogen) atoms. The first-order valence-corrected chi connectivity index (χ1v) is 6.22. The van der Waals surface area contributed by atoms with Gasteiger partial charge in [0.25, 0.3) is 0 Å². The molecule has 1 aromatic rings. The van der Waals surface area contributed by atoms with Crippen LogP contribution >= 0.6 is 0 Å². The zero-order valence-corrected chi connectivity index (χ0v) is 10.7. The third kappa shape index (κ3) is 5.60. The van der Waals surface area contributed by atoms with Crippen molar-refractivity contribution in [3.8, 4) is 0 Å². The number of aliphatic hydroxyl groups is 3. The Balaban J connectivity index is 2.22. The Bertz CT molecular complexity index is 315. The first kappa shape index (κ1) is 15.1. The van der Waals surface area contributed by atoms with Crippen molar-refractivity contribution in [2.24, 2.45) is 5.92 Å². The first-order chi connectivity index (χ1) is 8.63. The van der Waals surface area contributed by atoms with Crippen LogP contribution in [0.2, 0.25) is 0 Å². The Morgan fingerprint density at radius 1 is 1.17 bits per heavy atom. The normalized spacial score (nSPS) is 16.2. The molecule has 0 aliphatic carbocycles. The van der Waals surface area contributed by atoms with Crippen molar-refractivity contribution in [3.05, 3.63) is 35.9 Å². The summed E-state index contributed by atoms with van der Waals surface area (Å²) in [5.41, 5.74) is 1.09. The van der Waals surface area contributed by atoms with E-state index in [1.54, 1.807) is 0 Å². The monoisotopic (exact) mass is 254 g/mol. The quantitative estimate of drug-likeness (QED) is 0.646. The molecule has 0 saturated heterocycles. The van der Waals surface area contributed by atoms with E-state index in [9.17, 15) is 10.2 Å². The van der Waals surface area contributed by atoms with Gasteiger partial charge in [0.1, 0.15) is 0 Å². The van der Waals surface area contributed by atoms with E-state index in [4.69, 9.17) is 9.84 Å². The van der Waals surface area contributed by atoms with E-state index in [-0.39, 0.29) is 18.9 Å². The lowest BCUT2D eigenvalue weighted by atomic mass is 10.0. The van der Waals surface area contributed by atoms with Crippen LogP contribution in [0.25, 0.3) is 0 Å². The van der Waals surface area contributed by atoms with E-state index in [1.807, 2.05) is 37.3 Å².